The molecule has 1 unspecified atom stereocenters. The lowest BCUT2D eigenvalue weighted by Gasteiger charge is -2.44. The molecule has 3 aliphatic rings. The molecule has 4 heterocycles. The number of carbonyl (C=O) groups excluding carboxylic acids is 1. The number of benzene rings is 1. The van der Waals surface area contributed by atoms with Crippen molar-refractivity contribution in [2.24, 2.45) is 5.92 Å². The highest BCUT2D eigenvalue weighted by atomic mass is 32.1. The molecule has 1 amide bonds. The van der Waals surface area contributed by atoms with Gasteiger partial charge in [0.15, 0.2) is 5.06 Å². The van der Waals surface area contributed by atoms with E-state index in [4.69, 9.17) is 9.47 Å². The minimum absolute atomic E-state index is 0.0133. The average molecular weight is 359 g/mol. The molecular formula is C18H21N3O3S. The highest BCUT2D eigenvalue weighted by molar-refractivity contribution is 7.07. The van der Waals surface area contributed by atoms with Crippen LogP contribution in [-0.2, 0) is 0 Å². The van der Waals surface area contributed by atoms with Crippen LogP contribution in [0.4, 0.5) is 0 Å². The van der Waals surface area contributed by atoms with Crippen molar-refractivity contribution in [2.75, 3.05) is 26.7 Å². The van der Waals surface area contributed by atoms with Crippen molar-refractivity contribution < 1.29 is 14.3 Å². The summed E-state index contributed by atoms with van der Waals surface area (Å²) in [6.45, 7) is 3.32. The molecule has 1 aromatic heterocycles. The fourth-order valence-electron chi connectivity index (χ4n) is 3.56. The summed E-state index contributed by atoms with van der Waals surface area (Å²) in [6.07, 6.45) is 2.38. The average Bonchev–Trinajstić information content (AvgIpc) is 3.11. The molecule has 132 valence electrons. The fraction of sp³-hybridized carbons (Fsp3) is 0.444. The van der Waals surface area contributed by atoms with Gasteiger partial charge in [-0.1, -0.05) is 0 Å². The van der Waals surface area contributed by atoms with Gasteiger partial charge in [-0.05, 0) is 56.1 Å². The molecule has 2 aromatic rings. The van der Waals surface area contributed by atoms with E-state index in [1.165, 1.54) is 37.5 Å². The number of aromatic nitrogens is 1. The minimum atomic E-state index is -0.0133. The van der Waals surface area contributed by atoms with Gasteiger partial charge in [0.05, 0.1) is 13.2 Å². The van der Waals surface area contributed by atoms with Gasteiger partial charge in [0.25, 0.3) is 5.91 Å². The van der Waals surface area contributed by atoms with E-state index in [-0.39, 0.29) is 11.9 Å². The van der Waals surface area contributed by atoms with Gasteiger partial charge < -0.3 is 19.7 Å². The molecule has 0 radical (unpaired) electrons. The van der Waals surface area contributed by atoms with Crippen molar-refractivity contribution in [3.8, 4) is 16.7 Å². The quantitative estimate of drug-likeness (QED) is 0.889. The van der Waals surface area contributed by atoms with Gasteiger partial charge in [-0.25, -0.2) is 0 Å². The molecule has 2 bridgehead atoms. The Kier molecular flexibility index (Phi) is 4.59. The molecule has 3 aliphatic heterocycles. The number of nitrogens with zero attached hydrogens (tertiary/aromatic N) is 2. The Hall–Kier alpha value is -2.12. The predicted molar refractivity (Wildman–Crippen MR) is 95.6 cm³/mol. The normalized spacial score (nSPS) is 24.8. The minimum Gasteiger partial charge on any atom is -0.486 e. The van der Waals surface area contributed by atoms with Crippen LogP contribution in [0.1, 0.15) is 23.2 Å². The summed E-state index contributed by atoms with van der Waals surface area (Å²) in [4.78, 5) is 14.9. The van der Waals surface area contributed by atoms with E-state index in [0.717, 1.165) is 6.54 Å². The highest BCUT2D eigenvalue weighted by Gasteiger charge is 2.34. The maximum atomic E-state index is 12.5. The van der Waals surface area contributed by atoms with Crippen LogP contribution in [0.15, 0.2) is 30.3 Å². The van der Waals surface area contributed by atoms with Gasteiger partial charge in [0, 0.05) is 29.7 Å². The zero-order valence-electron chi connectivity index (χ0n) is 14.1. The molecule has 25 heavy (non-hydrogen) atoms. The van der Waals surface area contributed by atoms with Crippen LogP contribution in [0.25, 0.3) is 0 Å². The van der Waals surface area contributed by atoms with Gasteiger partial charge in [-0.2, -0.15) is 4.37 Å². The van der Waals surface area contributed by atoms with E-state index >= 15 is 0 Å². The first-order chi connectivity index (χ1) is 12.2. The van der Waals surface area contributed by atoms with Crippen LogP contribution in [0, 0.1) is 5.92 Å². The molecule has 5 rings (SSSR count). The smallest absolute Gasteiger partial charge is 0.251 e. The molecule has 0 saturated carbocycles. The SMILES string of the molecule is COc1cc(Oc2ccc(C(=O)NC3CN4CCC3CC4)cc2)ns1. The summed E-state index contributed by atoms with van der Waals surface area (Å²) in [7, 11) is 1.60. The van der Waals surface area contributed by atoms with E-state index < -0.39 is 0 Å². The maximum absolute atomic E-state index is 12.5. The molecule has 0 aliphatic carbocycles. The molecule has 1 N–H and O–H groups in total. The van der Waals surface area contributed by atoms with E-state index in [2.05, 4.69) is 14.6 Å². The van der Waals surface area contributed by atoms with E-state index in [1.54, 1.807) is 37.4 Å². The fourth-order valence-corrected chi connectivity index (χ4v) is 4.06. The van der Waals surface area contributed by atoms with Crippen LogP contribution in [0.2, 0.25) is 0 Å². The molecule has 6 nitrogen and oxygen atoms in total. The van der Waals surface area contributed by atoms with E-state index in [0.29, 0.717) is 28.2 Å². The largest absolute Gasteiger partial charge is 0.486 e. The summed E-state index contributed by atoms with van der Waals surface area (Å²) in [5, 5.41) is 3.90. The van der Waals surface area contributed by atoms with Crippen molar-refractivity contribution in [3.63, 3.8) is 0 Å². The van der Waals surface area contributed by atoms with Gasteiger partial charge in [-0.3, -0.25) is 4.79 Å². The van der Waals surface area contributed by atoms with Crippen LogP contribution in [-0.4, -0.2) is 48.0 Å². The maximum Gasteiger partial charge on any atom is 0.251 e. The Labute approximate surface area is 150 Å². The lowest BCUT2D eigenvalue weighted by Crippen LogP contribution is -2.57. The number of fused-ring (bicyclic) bond motifs is 3. The first-order valence-corrected chi connectivity index (χ1v) is 9.30. The first kappa shape index (κ1) is 16.4. The van der Waals surface area contributed by atoms with Crippen LogP contribution in [0.5, 0.6) is 16.7 Å². The zero-order valence-corrected chi connectivity index (χ0v) is 14.9. The number of carbonyl (C=O) groups is 1. The van der Waals surface area contributed by atoms with Crippen molar-refractivity contribution in [1.29, 1.82) is 0 Å². The molecule has 7 heteroatoms. The molecule has 3 saturated heterocycles. The lowest BCUT2D eigenvalue weighted by atomic mass is 9.84. The number of ether oxygens (including phenoxy) is 2. The monoisotopic (exact) mass is 359 g/mol. The van der Waals surface area contributed by atoms with Gasteiger partial charge in [-0.15, -0.1) is 0 Å². The predicted octanol–water partition coefficient (Wildman–Crippen LogP) is 2.77. The number of amides is 1. The Bertz CT molecular complexity index is 738. The topological polar surface area (TPSA) is 63.7 Å². The zero-order chi connectivity index (χ0) is 17.2. The van der Waals surface area contributed by atoms with Crippen molar-refractivity contribution in [1.82, 2.24) is 14.6 Å². The third-order valence-corrected chi connectivity index (χ3v) is 5.72. The van der Waals surface area contributed by atoms with E-state index in [9.17, 15) is 4.79 Å². The molecule has 3 fully saturated rings. The summed E-state index contributed by atoms with van der Waals surface area (Å²) in [6, 6.07) is 9.16. The Balaban J connectivity index is 1.37. The van der Waals surface area contributed by atoms with E-state index in [1.807, 2.05) is 0 Å². The molecule has 1 atom stereocenters. The summed E-state index contributed by atoms with van der Waals surface area (Å²) < 4.78 is 14.9. The summed E-state index contributed by atoms with van der Waals surface area (Å²) in [5.41, 5.74) is 0.652. The Morgan fingerprint density at radius 1 is 1.28 bits per heavy atom. The van der Waals surface area contributed by atoms with Crippen LogP contribution < -0.4 is 14.8 Å². The third-order valence-electron chi connectivity index (χ3n) is 4.98. The molecule has 0 spiro atoms. The lowest BCUT2D eigenvalue weighted by molar-refractivity contribution is 0.0620. The number of nitrogens with one attached hydrogen (secondary N) is 1. The van der Waals surface area contributed by atoms with Crippen molar-refractivity contribution in [2.45, 2.75) is 18.9 Å². The van der Waals surface area contributed by atoms with Crippen LogP contribution in [0.3, 0.4) is 0 Å². The second kappa shape index (κ2) is 7.01. The van der Waals surface area contributed by atoms with Gasteiger partial charge in [0.2, 0.25) is 5.88 Å². The van der Waals surface area contributed by atoms with Gasteiger partial charge >= 0.3 is 0 Å². The number of rotatable bonds is 5. The molecule has 1 aromatic carbocycles. The summed E-state index contributed by atoms with van der Waals surface area (Å²) in [5.74, 6) is 1.75. The van der Waals surface area contributed by atoms with Gasteiger partial charge in [0.1, 0.15) is 5.75 Å². The Morgan fingerprint density at radius 2 is 2.04 bits per heavy atom. The van der Waals surface area contributed by atoms with Crippen LogP contribution >= 0.6 is 11.5 Å². The second-order valence-corrected chi connectivity index (χ2v) is 7.30. The number of methoxy groups -OCH3 is 1. The second-order valence-electron chi connectivity index (χ2n) is 6.53. The summed E-state index contributed by atoms with van der Waals surface area (Å²) >= 11 is 1.24. The molecular weight excluding hydrogens is 338 g/mol. The first-order valence-electron chi connectivity index (χ1n) is 8.53. The highest BCUT2D eigenvalue weighted by Crippen LogP contribution is 2.29. The standard InChI is InChI=1S/C18H21N3O3S/c1-23-17-10-16(20-25-17)24-14-4-2-13(3-5-14)18(22)19-15-11-21-8-6-12(15)7-9-21/h2-5,10,12,15H,6-9,11H2,1H3,(H,19,22). The Morgan fingerprint density at radius 3 is 2.64 bits per heavy atom. The van der Waals surface area contributed by atoms with Crippen molar-refractivity contribution in [3.05, 3.63) is 35.9 Å². The third kappa shape index (κ3) is 3.62. The number of piperidine rings is 3. The number of hydrogen-bond donors (Lipinski definition) is 1. The number of hydrogen-bond acceptors (Lipinski definition) is 6. The van der Waals surface area contributed by atoms with Crippen molar-refractivity contribution >= 4 is 17.4 Å².